The molecule has 25 heavy (non-hydrogen) atoms. The first kappa shape index (κ1) is 15.4. The van der Waals surface area contributed by atoms with E-state index in [1.165, 1.54) is 0 Å². The molecule has 0 aromatic heterocycles. The van der Waals surface area contributed by atoms with E-state index in [4.69, 9.17) is 23.7 Å². The number of benzene rings is 2. The van der Waals surface area contributed by atoms with Crippen molar-refractivity contribution in [1.82, 2.24) is 5.32 Å². The third-order valence-corrected chi connectivity index (χ3v) is 3.93. The molecule has 2 aliphatic heterocycles. The highest BCUT2D eigenvalue weighted by Gasteiger charge is 2.19. The molecule has 1 atom stereocenters. The molecule has 0 radical (unpaired) electrons. The van der Waals surface area contributed by atoms with Crippen LogP contribution in [0.15, 0.2) is 36.4 Å². The number of carbonyl (C=O) groups excluding carboxylic acids is 1. The number of hydrogen-bond donors (Lipinski definition) is 1. The average molecular weight is 343 g/mol. The van der Waals surface area contributed by atoms with Gasteiger partial charge >= 0.3 is 0 Å². The lowest BCUT2D eigenvalue weighted by molar-refractivity contribution is -0.127. The number of fused-ring (bicyclic) bond motifs is 2. The van der Waals surface area contributed by atoms with Crippen LogP contribution in [0.3, 0.4) is 0 Å². The highest BCUT2D eigenvalue weighted by Crippen LogP contribution is 2.35. The van der Waals surface area contributed by atoms with E-state index in [-0.39, 0.29) is 19.5 Å². The molecule has 0 spiro atoms. The Morgan fingerprint density at radius 3 is 2.40 bits per heavy atom. The summed E-state index contributed by atoms with van der Waals surface area (Å²) in [6.45, 7) is 2.50. The van der Waals surface area contributed by atoms with Crippen LogP contribution in [-0.4, -0.2) is 25.6 Å². The van der Waals surface area contributed by atoms with Crippen LogP contribution >= 0.6 is 0 Å². The van der Waals surface area contributed by atoms with Gasteiger partial charge in [-0.2, -0.15) is 0 Å². The fourth-order valence-corrected chi connectivity index (χ4v) is 2.59. The van der Waals surface area contributed by atoms with Crippen molar-refractivity contribution in [2.24, 2.45) is 0 Å². The van der Waals surface area contributed by atoms with E-state index in [1.807, 2.05) is 18.2 Å². The molecule has 130 valence electrons. The maximum Gasteiger partial charge on any atom is 0.261 e. The van der Waals surface area contributed by atoms with Gasteiger partial charge in [-0.05, 0) is 36.8 Å². The lowest BCUT2D eigenvalue weighted by atomic mass is 10.2. The maximum atomic E-state index is 12.2. The van der Waals surface area contributed by atoms with E-state index in [2.05, 4.69) is 5.32 Å². The largest absolute Gasteiger partial charge is 0.481 e. The summed E-state index contributed by atoms with van der Waals surface area (Å²) in [5, 5.41) is 2.85. The Bertz CT molecular complexity index is 806. The molecule has 0 saturated heterocycles. The van der Waals surface area contributed by atoms with Gasteiger partial charge in [-0.3, -0.25) is 4.79 Å². The molecule has 2 aliphatic rings. The summed E-state index contributed by atoms with van der Waals surface area (Å²) in [5.74, 6) is 3.04. The SMILES string of the molecule is C[C@@H](Oc1ccc2c(c1)OCO2)C(=O)NCc1ccc2c(c1)OCO2. The highest BCUT2D eigenvalue weighted by molar-refractivity contribution is 5.80. The van der Waals surface area contributed by atoms with Gasteiger partial charge in [0, 0.05) is 12.6 Å². The molecule has 4 rings (SSSR count). The van der Waals surface area contributed by atoms with Gasteiger partial charge in [0.15, 0.2) is 29.1 Å². The van der Waals surface area contributed by atoms with Crippen molar-refractivity contribution in [3.8, 4) is 28.7 Å². The predicted octanol–water partition coefficient (Wildman–Crippen LogP) is 2.23. The first-order valence-electron chi connectivity index (χ1n) is 7.91. The van der Waals surface area contributed by atoms with Crippen LogP contribution in [0.5, 0.6) is 28.7 Å². The van der Waals surface area contributed by atoms with Gasteiger partial charge in [0.1, 0.15) is 5.75 Å². The normalized spacial score (nSPS) is 14.9. The Labute approximate surface area is 144 Å². The van der Waals surface area contributed by atoms with Crippen LogP contribution in [0.2, 0.25) is 0 Å². The fraction of sp³-hybridized carbons (Fsp3) is 0.278. The molecule has 0 bridgehead atoms. The zero-order valence-electron chi connectivity index (χ0n) is 13.6. The molecule has 0 aliphatic carbocycles. The summed E-state index contributed by atoms with van der Waals surface area (Å²) in [6, 6.07) is 10.8. The van der Waals surface area contributed by atoms with Crippen molar-refractivity contribution >= 4 is 5.91 Å². The van der Waals surface area contributed by atoms with Crippen LogP contribution in [0.1, 0.15) is 12.5 Å². The molecule has 0 unspecified atom stereocenters. The molecule has 2 aromatic carbocycles. The Kier molecular flexibility index (Phi) is 3.97. The zero-order chi connectivity index (χ0) is 17.2. The third kappa shape index (κ3) is 3.26. The van der Waals surface area contributed by atoms with Crippen molar-refractivity contribution in [3.63, 3.8) is 0 Å². The monoisotopic (exact) mass is 343 g/mol. The van der Waals surface area contributed by atoms with Crippen LogP contribution in [0, 0.1) is 0 Å². The van der Waals surface area contributed by atoms with Crippen molar-refractivity contribution in [3.05, 3.63) is 42.0 Å². The minimum atomic E-state index is -0.644. The summed E-state index contributed by atoms with van der Waals surface area (Å²) in [4.78, 5) is 12.2. The van der Waals surface area contributed by atoms with Crippen LogP contribution in [0.4, 0.5) is 0 Å². The Morgan fingerprint density at radius 1 is 1.00 bits per heavy atom. The fourth-order valence-electron chi connectivity index (χ4n) is 2.59. The first-order chi connectivity index (χ1) is 12.2. The second kappa shape index (κ2) is 6.43. The maximum absolute atomic E-state index is 12.2. The van der Waals surface area contributed by atoms with Gasteiger partial charge < -0.3 is 29.0 Å². The van der Waals surface area contributed by atoms with Gasteiger partial charge in [0.2, 0.25) is 13.6 Å². The van der Waals surface area contributed by atoms with E-state index in [0.29, 0.717) is 29.5 Å². The van der Waals surface area contributed by atoms with Gasteiger partial charge in [-0.1, -0.05) is 6.07 Å². The quantitative estimate of drug-likeness (QED) is 0.897. The second-order valence-corrected chi connectivity index (χ2v) is 5.68. The topological polar surface area (TPSA) is 75.3 Å². The number of hydrogen-bond acceptors (Lipinski definition) is 6. The van der Waals surface area contributed by atoms with E-state index in [0.717, 1.165) is 11.3 Å². The number of carbonyl (C=O) groups is 1. The van der Waals surface area contributed by atoms with Crippen molar-refractivity contribution < 1.29 is 28.5 Å². The minimum absolute atomic E-state index is 0.199. The second-order valence-electron chi connectivity index (χ2n) is 5.68. The molecule has 7 nitrogen and oxygen atoms in total. The first-order valence-corrected chi connectivity index (χ1v) is 7.91. The lowest BCUT2D eigenvalue weighted by Crippen LogP contribution is -2.35. The minimum Gasteiger partial charge on any atom is -0.481 e. The van der Waals surface area contributed by atoms with Gasteiger partial charge in [-0.25, -0.2) is 0 Å². The van der Waals surface area contributed by atoms with Crippen LogP contribution in [0.25, 0.3) is 0 Å². The number of nitrogens with one attached hydrogen (secondary N) is 1. The van der Waals surface area contributed by atoms with Crippen molar-refractivity contribution in [2.45, 2.75) is 19.6 Å². The Balaban J connectivity index is 1.33. The predicted molar refractivity (Wildman–Crippen MR) is 87.1 cm³/mol. The third-order valence-electron chi connectivity index (χ3n) is 3.93. The Morgan fingerprint density at radius 2 is 1.64 bits per heavy atom. The van der Waals surface area contributed by atoms with E-state index < -0.39 is 6.10 Å². The van der Waals surface area contributed by atoms with Crippen LogP contribution in [-0.2, 0) is 11.3 Å². The zero-order valence-corrected chi connectivity index (χ0v) is 13.6. The highest BCUT2D eigenvalue weighted by atomic mass is 16.7. The number of ether oxygens (including phenoxy) is 5. The molecule has 0 fully saturated rings. The molecule has 1 amide bonds. The summed E-state index contributed by atoms with van der Waals surface area (Å²) >= 11 is 0. The van der Waals surface area contributed by atoms with E-state index >= 15 is 0 Å². The number of rotatable bonds is 5. The molecular weight excluding hydrogens is 326 g/mol. The molecule has 2 aromatic rings. The Hall–Kier alpha value is -3.09. The van der Waals surface area contributed by atoms with Gasteiger partial charge in [-0.15, -0.1) is 0 Å². The van der Waals surface area contributed by atoms with Crippen molar-refractivity contribution in [1.29, 1.82) is 0 Å². The van der Waals surface area contributed by atoms with Crippen LogP contribution < -0.4 is 29.0 Å². The number of amides is 1. The standard InChI is InChI=1S/C18H17NO6/c1-11(25-13-3-5-15-17(7-13)24-10-22-15)18(20)19-8-12-2-4-14-16(6-12)23-9-21-14/h2-7,11H,8-10H2,1H3,(H,19,20)/t11-/m1/s1. The van der Waals surface area contributed by atoms with E-state index in [9.17, 15) is 4.79 Å². The molecule has 1 N–H and O–H groups in total. The van der Waals surface area contributed by atoms with Gasteiger partial charge in [0.05, 0.1) is 0 Å². The van der Waals surface area contributed by atoms with E-state index in [1.54, 1.807) is 25.1 Å². The molecule has 7 heteroatoms. The molecule has 2 heterocycles. The molecular formula is C18H17NO6. The summed E-state index contributed by atoms with van der Waals surface area (Å²) in [5.41, 5.74) is 0.924. The lowest BCUT2D eigenvalue weighted by Gasteiger charge is -2.15. The smallest absolute Gasteiger partial charge is 0.261 e. The molecule has 0 saturated carbocycles. The van der Waals surface area contributed by atoms with Crippen molar-refractivity contribution in [2.75, 3.05) is 13.6 Å². The summed E-state index contributed by atoms with van der Waals surface area (Å²) in [7, 11) is 0. The summed E-state index contributed by atoms with van der Waals surface area (Å²) in [6.07, 6.45) is -0.644. The summed E-state index contributed by atoms with van der Waals surface area (Å²) < 4.78 is 26.8. The van der Waals surface area contributed by atoms with Gasteiger partial charge in [0.25, 0.3) is 5.91 Å². The average Bonchev–Trinajstić information content (AvgIpc) is 3.27.